The van der Waals surface area contributed by atoms with Gasteiger partial charge in [0.05, 0.1) is 6.33 Å². The molecule has 0 aliphatic carbocycles. The minimum atomic E-state index is 0.337. The second kappa shape index (κ2) is 4.21. The SMILES string of the molecule is CC(C)CCn1cnc2c(=S)nc(N)[nH]c21. The summed E-state index contributed by atoms with van der Waals surface area (Å²) in [4.78, 5) is 11.2. The van der Waals surface area contributed by atoms with Gasteiger partial charge >= 0.3 is 0 Å². The molecule has 0 amide bonds. The molecule has 0 fully saturated rings. The van der Waals surface area contributed by atoms with E-state index in [1.807, 2.05) is 4.57 Å². The number of hydrogen-bond donors (Lipinski definition) is 2. The number of nitrogens with zero attached hydrogens (tertiary/aromatic N) is 3. The average molecular weight is 237 g/mol. The molecule has 0 aromatic carbocycles. The quantitative estimate of drug-likeness (QED) is 0.802. The van der Waals surface area contributed by atoms with Crippen molar-refractivity contribution in [3.8, 4) is 0 Å². The molecule has 2 heterocycles. The predicted molar refractivity (Wildman–Crippen MR) is 66.6 cm³/mol. The number of hydrogen-bond acceptors (Lipinski definition) is 4. The molecular formula is C10H15N5S. The Morgan fingerprint density at radius 1 is 1.56 bits per heavy atom. The van der Waals surface area contributed by atoms with E-state index in [-0.39, 0.29) is 0 Å². The molecule has 0 bridgehead atoms. The van der Waals surface area contributed by atoms with E-state index in [0.29, 0.717) is 22.0 Å². The van der Waals surface area contributed by atoms with Crippen LogP contribution in [-0.4, -0.2) is 19.5 Å². The van der Waals surface area contributed by atoms with E-state index in [1.165, 1.54) is 0 Å². The van der Waals surface area contributed by atoms with Gasteiger partial charge in [-0.25, -0.2) is 9.97 Å². The Labute approximate surface area is 98.7 Å². The number of aromatic nitrogens is 4. The van der Waals surface area contributed by atoms with E-state index in [9.17, 15) is 0 Å². The van der Waals surface area contributed by atoms with E-state index >= 15 is 0 Å². The molecule has 0 aliphatic rings. The minimum Gasteiger partial charge on any atom is -0.369 e. The van der Waals surface area contributed by atoms with Crippen molar-refractivity contribution in [2.45, 2.75) is 26.8 Å². The van der Waals surface area contributed by atoms with Crippen LogP contribution in [0.25, 0.3) is 11.2 Å². The third kappa shape index (κ3) is 2.06. The zero-order chi connectivity index (χ0) is 11.7. The third-order valence-electron chi connectivity index (χ3n) is 2.46. The third-order valence-corrected chi connectivity index (χ3v) is 2.74. The topological polar surface area (TPSA) is 72.5 Å². The Morgan fingerprint density at radius 2 is 2.31 bits per heavy atom. The summed E-state index contributed by atoms with van der Waals surface area (Å²) in [7, 11) is 0. The van der Waals surface area contributed by atoms with Gasteiger partial charge in [-0.05, 0) is 12.3 Å². The number of anilines is 1. The van der Waals surface area contributed by atoms with Gasteiger partial charge in [-0.1, -0.05) is 26.1 Å². The normalized spacial score (nSPS) is 11.4. The van der Waals surface area contributed by atoms with Gasteiger partial charge in [-0.3, -0.25) is 0 Å². The summed E-state index contributed by atoms with van der Waals surface area (Å²) in [5.74, 6) is 0.989. The summed E-state index contributed by atoms with van der Waals surface area (Å²) >= 11 is 5.10. The van der Waals surface area contributed by atoms with Gasteiger partial charge in [0.25, 0.3) is 0 Å². The van der Waals surface area contributed by atoms with Crippen molar-refractivity contribution in [3.05, 3.63) is 11.0 Å². The number of aryl methyl sites for hydroxylation is 1. The van der Waals surface area contributed by atoms with Crippen molar-refractivity contribution in [1.82, 2.24) is 19.5 Å². The van der Waals surface area contributed by atoms with Crippen molar-refractivity contribution >= 4 is 29.3 Å². The van der Waals surface area contributed by atoms with Crippen LogP contribution in [0.1, 0.15) is 20.3 Å². The lowest BCUT2D eigenvalue weighted by atomic mass is 10.1. The summed E-state index contributed by atoms with van der Waals surface area (Å²) in [5.41, 5.74) is 7.21. The highest BCUT2D eigenvalue weighted by atomic mass is 32.1. The highest BCUT2D eigenvalue weighted by molar-refractivity contribution is 7.71. The molecular weight excluding hydrogens is 222 g/mol. The van der Waals surface area contributed by atoms with E-state index in [2.05, 4.69) is 28.8 Å². The Hall–Kier alpha value is -1.43. The maximum atomic E-state index is 5.63. The van der Waals surface area contributed by atoms with Crippen molar-refractivity contribution in [2.75, 3.05) is 5.73 Å². The number of H-pyrrole nitrogens is 1. The molecule has 0 saturated heterocycles. The van der Waals surface area contributed by atoms with Gasteiger partial charge < -0.3 is 15.3 Å². The van der Waals surface area contributed by atoms with Crippen molar-refractivity contribution in [3.63, 3.8) is 0 Å². The van der Waals surface area contributed by atoms with Crippen molar-refractivity contribution in [2.24, 2.45) is 5.92 Å². The number of nitrogens with one attached hydrogen (secondary N) is 1. The molecule has 0 aliphatic heterocycles. The fourth-order valence-electron chi connectivity index (χ4n) is 1.55. The molecule has 2 aromatic rings. The first-order valence-corrected chi connectivity index (χ1v) is 5.69. The lowest BCUT2D eigenvalue weighted by Gasteiger charge is -2.06. The Bertz CT molecular complexity index is 554. The van der Waals surface area contributed by atoms with Crippen LogP contribution in [0.15, 0.2) is 6.33 Å². The minimum absolute atomic E-state index is 0.337. The van der Waals surface area contributed by atoms with Crippen LogP contribution >= 0.6 is 12.2 Å². The van der Waals surface area contributed by atoms with Gasteiger partial charge in [0.2, 0.25) is 0 Å². The van der Waals surface area contributed by atoms with Crippen LogP contribution in [0.2, 0.25) is 0 Å². The molecule has 16 heavy (non-hydrogen) atoms. The number of fused-ring (bicyclic) bond motifs is 1. The fourth-order valence-corrected chi connectivity index (χ4v) is 1.80. The summed E-state index contributed by atoms with van der Waals surface area (Å²) in [6, 6.07) is 0. The molecule has 0 unspecified atom stereocenters. The van der Waals surface area contributed by atoms with Gasteiger partial charge in [0.15, 0.2) is 10.6 Å². The number of nitrogen functional groups attached to an aromatic ring is 1. The van der Waals surface area contributed by atoms with Gasteiger partial charge in [-0.15, -0.1) is 0 Å². The van der Waals surface area contributed by atoms with E-state index < -0.39 is 0 Å². The highest BCUT2D eigenvalue weighted by Gasteiger charge is 2.06. The van der Waals surface area contributed by atoms with Crippen LogP contribution in [-0.2, 0) is 6.54 Å². The molecule has 0 saturated carbocycles. The van der Waals surface area contributed by atoms with Crippen LogP contribution in [0.4, 0.5) is 5.95 Å². The number of aromatic amines is 1. The Morgan fingerprint density at radius 3 is 3.00 bits per heavy atom. The summed E-state index contributed by atoms with van der Waals surface area (Å²) in [6.07, 6.45) is 2.87. The monoisotopic (exact) mass is 237 g/mol. The maximum Gasteiger partial charge on any atom is 0.200 e. The second-order valence-electron chi connectivity index (χ2n) is 4.24. The first-order valence-electron chi connectivity index (χ1n) is 5.28. The highest BCUT2D eigenvalue weighted by Crippen LogP contribution is 2.13. The van der Waals surface area contributed by atoms with Crippen LogP contribution in [0.5, 0.6) is 0 Å². The summed E-state index contributed by atoms with van der Waals surface area (Å²) < 4.78 is 2.48. The average Bonchev–Trinajstić information content (AvgIpc) is 2.58. The van der Waals surface area contributed by atoms with Gasteiger partial charge in [0.1, 0.15) is 11.2 Å². The first-order chi connectivity index (χ1) is 7.58. The molecule has 0 radical (unpaired) electrons. The largest absolute Gasteiger partial charge is 0.369 e. The van der Waals surface area contributed by atoms with Gasteiger partial charge in [-0.2, -0.15) is 0 Å². The lowest BCUT2D eigenvalue weighted by molar-refractivity contribution is 0.521. The molecule has 86 valence electrons. The fraction of sp³-hybridized carbons (Fsp3) is 0.500. The summed E-state index contributed by atoms with van der Waals surface area (Å²) in [6.45, 7) is 5.29. The zero-order valence-corrected chi connectivity index (χ0v) is 10.2. The number of rotatable bonds is 3. The summed E-state index contributed by atoms with van der Waals surface area (Å²) in [5, 5.41) is 0. The Balaban J connectivity index is 2.44. The first kappa shape index (κ1) is 11.1. The Kier molecular flexibility index (Phi) is 2.91. The smallest absolute Gasteiger partial charge is 0.200 e. The molecule has 2 rings (SSSR count). The lowest BCUT2D eigenvalue weighted by Crippen LogP contribution is -2.03. The molecule has 0 spiro atoms. The molecule has 5 nitrogen and oxygen atoms in total. The van der Waals surface area contributed by atoms with Crippen LogP contribution in [0, 0.1) is 10.6 Å². The van der Waals surface area contributed by atoms with Crippen LogP contribution in [0.3, 0.4) is 0 Å². The van der Waals surface area contributed by atoms with E-state index in [4.69, 9.17) is 18.0 Å². The van der Waals surface area contributed by atoms with E-state index in [1.54, 1.807) is 6.33 Å². The maximum absolute atomic E-state index is 5.63. The zero-order valence-electron chi connectivity index (χ0n) is 9.40. The van der Waals surface area contributed by atoms with Crippen molar-refractivity contribution in [1.29, 1.82) is 0 Å². The molecule has 2 aromatic heterocycles. The number of imidazole rings is 1. The molecule has 6 heteroatoms. The van der Waals surface area contributed by atoms with Gasteiger partial charge in [0, 0.05) is 6.54 Å². The second-order valence-corrected chi connectivity index (χ2v) is 4.63. The predicted octanol–water partition coefficient (Wildman–Crippen LogP) is 2.12. The van der Waals surface area contributed by atoms with Crippen molar-refractivity contribution < 1.29 is 0 Å². The number of nitrogens with two attached hydrogens (primary N) is 1. The molecule has 3 N–H and O–H groups in total. The molecule has 0 atom stereocenters. The van der Waals surface area contributed by atoms with E-state index in [0.717, 1.165) is 18.6 Å². The van der Waals surface area contributed by atoms with Crippen LogP contribution < -0.4 is 5.73 Å². The standard InChI is InChI=1S/C10H15N5S/c1-6(2)3-4-15-5-12-7-8(15)13-10(11)14-9(7)16/h5-6H,3-4H2,1-2H3,(H3,11,13,14,16).